The zero-order chi connectivity index (χ0) is 14.5. The molecule has 1 aromatic carbocycles. The van der Waals surface area contributed by atoms with Crippen molar-refractivity contribution in [1.29, 1.82) is 0 Å². The van der Waals surface area contributed by atoms with E-state index in [2.05, 4.69) is 34.6 Å². The maximum absolute atomic E-state index is 10.9. The van der Waals surface area contributed by atoms with E-state index in [0.29, 0.717) is 5.11 Å². The van der Waals surface area contributed by atoms with E-state index < -0.39 is 0 Å². The lowest BCUT2D eigenvalue weighted by molar-refractivity contribution is -0.117. The minimum Gasteiger partial charge on any atom is -0.372 e. The molecule has 1 fully saturated rings. The molecule has 1 aliphatic heterocycles. The van der Waals surface area contributed by atoms with Gasteiger partial charge in [0.1, 0.15) is 0 Å². The van der Waals surface area contributed by atoms with Gasteiger partial charge in [-0.2, -0.15) is 0 Å². The molecular formula is C15H21N3OS. The third kappa shape index (κ3) is 4.20. The number of hydrogen-bond acceptors (Lipinski definition) is 3. The number of piperidine rings is 1. The zero-order valence-corrected chi connectivity index (χ0v) is 12.8. The number of amides is 1. The smallest absolute Gasteiger partial charge is 0.222 e. The molecule has 0 bridgehead atoms. The molecule has 0 aromatic heterocycles. The van der Waals surface area contributed by atoms with Gasteiger partial charge in [0.15, 0.2) is 5.11 Å². The first kappa shape index (κ1) is 14.8. The van der Waals surface area contributed by atoms with Crippen molar-refractivity contribution in [3.8, 4) is 0 Å². The third-order valence-corrected chi connectivity index (χ3v) is 3.77. The monoisotopic (exact) mass is 291 g/mol. The highest BCUT2D eigenvalue weighted by Gasteiger charge is 2.15. The number of carbonyl (C=O) groups excluding carboxylic acids is 1. The highest BCUT2D eigenvalue weighted by Crippen LogP contribution is 2.24. The SMILES string of the molecule is CC(=O)NC(=S)Nc1ccc(N2CCC(C)CC2)cc1. The van der Waals surface area contributed by atoms with Gasteiger partial charge >= 0.3 is 0 Å². The van der Waals surface area contributed by atoms with Crippen LogP contribution in [0, 0.1) is 5.92 Å². The molecule has 5 heteroatoms. The van der Waals surface area contributed by atoms with Crippen LogP contribution in [-0.2, 0) is 4.79 Å². The van der Waals surface area contributed by atoms with Crippen LogP contribution in [0.2, 0.25) is 0 Å². The number of benzene rings is 1. The second-order valence-electron chi connectivity index (χ2n) is 5.35. The highest BCUT2D eigenvalue weighted by atomic mass is 32.1. The lowest BCUT2D eigenvalue weighted by atomic mass is 9.99. The Kier molecular flexibility index (Phi) is 4.95. The first-order valence-corrected chi connectivity index (χ1v) is 7.39. The highest BCUT2D eigenvalue weighted by molar-refractivity contribution is 7.80. The van der Waals surface area contributed by atoms with Gasteiger partial charge in [-0.05, 0) is 55.2 Å². The van der Waals surface area contributed by atoms with Crippen LogP contribution in [-0.4, -0.2) is 24.1 Å². The lowest BCUT2D eigenvalue weighted by Gasteiger charge is -2.32. The molecule has 0 radical (unpaired) electrons. The van der Waals surface area contributed by atoms with E-state index in [4.69, 9.17) is 12.2 Å². The average Bonchev–Trinajstić information content (AvgIpc) is 2.39. The molecule has 1 saturated heterocycles. The molecule has 0 saturated carbocycles. The van der Waals surface area contributed by atoms with Crippen LogP contribution in [0.4, 0.5) is 11.4 Å². The summed E-state index contributed by atoms with van der Waals surface area (Å²) < 4.78 is 0. The summed E-state index contributed by atoms with van der Waals surface area (Å²) >= 11 is 5.03. The number of thiocarbonyl (C=S) groups is 1. The molecule has 1 heterocycles. The molecule has 0 unspecified atom stereocenters. The van der Waals surface area contributed by atoms with Gasteiger partial charge in [-0.1, -0.05) is 6.92 Å². The van der Waals surface area contributed by atoms with Crippen LogP contribution in [0.15, 0.2) is 24.3 Å². The fourth-order valence-electron chi connectivity index (χ4n) is 2.34. The molecular weight excluding hydrogens is 270 g/mol. The number of nitrogens with zero attached hydrogens (tertiary/aromatic N) is 1. The summed E-state index contributed by atoms with van der Waals surface area (Å²) in [7, 11) is 0. The number of carbonyl (C=O) groups is 1. The first-order chi connectivity index (χ1) is 9.54. The maximum Gasteiger partial charge on any atom is 0.222 e. The summed E-state index contributed by atoms with van der Waals surface area (Å²) in [4.78, 5) is 13.3. The molecule has 0 spiro atoms. The Labute approximate surface area is 125 Å². The molecule has 1 amide bonds. The van der Waals surface area contributed by atoms with Gasteiger partial charge in [0.05, 0.1) is 0 Å². The van der Waals surface area contributed by atoms with Crippen LogP contribution >= 0.6 is 12.2 Å². The van der Waals surface area contributed by atoms with Crippen LogP contribution in [0.3, 0.4) is 0 Å². The third-order valence-electron chi connectivity index (χ3n) is 3.56. The summed E-state index contributed by atoms with van der Waals surface area (Å²) in [6.45, 7) is 6.00. The van der Waals surface area contributed by atoms with E-state index in [1.807, 2.05) is 12.1 Å². The molecule has 1 aromatic rings. The number of rotatable bonds is 2. The van der Waals surface area contributed by atoms with Crippen LogP contribution in [0.25, 0.3) is 0 Å². The van der Waals surface area contributed by atoms with Crippen molar-refractivity contribution in [2.24, 2.45) is 5.92 Å². The summed E-state index contributed by atoms with van der Waals surface area (Å²) in [5, 5.41) is 5.87. The Morgan fingerprint density at radius 1 is 1.25 bits per heavy atom. The predicted molar refractivity (Wildman–Crippen MR) is 87.1 cm³/mol. The Hall–Kier alpha value is -1.62. The fraction of sp³-hybridized carbons (Fsp3) is 0.467. The minimum absolute atomic E-state index is 0.165. The van der Waals surface area contributed by atoms with Crippen LogP contribution in [0.1, 0.15) is 26.7 Å². The van der Waals surface area contributed by atoms with Crippen LogP contribution < -0.4 is 15.5 Å². The summed E-state index contributed by atoms with van der Waals surface area (Å²) in [5.74, 6) is 0.670. The quantitative estimate of drug-likeness (QED) is 0.822. The summed E-state index contributed by atoms with van der Waals surface area (Å²) in [6, 6.07) is 8.16. The van der Waals surface area contributed by atoms with E-state index in [1.54, 1.807) is 0 Å². The van der Waals surface area contributed by atoms with Gasteiger partial charge in [-0.25, -0.2) is 0 Å². The Bertz CT molecular complexity index is 478. The minimum atomic E-state index is -0.165. The topological polar surface area (TPSA) is 44.4 Å². The fourth-order valence-corrected chi connectivity index (χ4v) is 2.61. The van der Waals surface area contributed by atoms with E-state index in [9.17, 15) is 4.79 Å². The molecule has 108 valence electrons. The van der Waals surface area contributed by atoms with Gasteiger partial charge in [-0.3, -0.25) is 4.79 Å². The van der Waals surface area contributed by atoms with Gasteiger partial charge in [0.2, 0.25) is 5.91 Å². The number of anilines is 2. The molecule has 20 heavy (non-hydrogen) atoms. The van der Waals surface area contributed by atoms with Crippen molar-refractivity contribution in [1.82, 2.24) is 5.32 Å². The molecule has 2 N–H and O–H groups in total. The van der Waals surface area contributed by atoms with Crippen molar-refractivity contribution in [3.63, 3.8) is 0 Å². The van der Waals surface area contributed by atoms with Crippen molar-refractivity contribution in [2.75, 3.05) is 23.3 Å². The van der Waals surface area contributed by atoms with E-state index in [-0.39, 0.29) is 5.91 Å². The lowest BCUT2D eigenvalue weighted by Crippen LogP contribution is -2.33. The zero-order valence-electron chi connectivity index (χ0n) is 12.0. The molecule has 0 atom stereocenters. The van der Waals surface area contributed by atoms with E-state index >= 15 is 0 Å². The molecule has 4 nitrogen and oxygen atoms in total. The molecule has 0 aliphatic carbocycles. The van der Waals surface area contributed by atoms with E-state index in [0.717, 1.165) is 24.7 Å². The maximum atomic E-state index is 10.9. The first-order valence-electron chi connectivity index (χ1n) is 6.98. The van der Waals surface area contributed by atoms with Crippen molar-refractivity contribution >= 4 is 34.6 Å². The second-order valence-corrected chi connectivity index (χ2v) is 5.76. The van der Waals surface area contributed by atoms with Gasteiger partial charge in [-0.15, -0.1) is 0 Å². The Morgan fingerprint density at radius 3 is 2.40 bits per heavy atom. The number of nitrogens with one attached hydrogen (secondary N) is 2. The summed E-state index contributed by atoms with van der Waals surface area (Å²) in [5.41, 5.74) is 2.13. The van der Waals surface area contributed by atoms with E-state index in [1.165, 1.54) is 25.5 Å². The predicted octanol–water partition coefficient (Wildman–Crippen LogP) is 2.76. The van der Waals surface area contributed by atoms with Gasteiger partial charge in [0, 0.05) is 31.4 Å². The molecule has 2 rings (SSSR count). The number of hydrogen-bond donors (Lipinski definition) is 2. The van der Waals surface area contributed by atoms with Gasteiger partial charge < -0.3 is 15.5 Å². The molecule has 1 aliphatic rings. The van der Waals surface area contributed by atoms with Crippen molar-refractivity contribution in [3.05, 3.63) is 24.3 Å². The summed E-state index contributed by atoms with van der Waals surface area (Å²) in [6.07, 6.45) is 2.51. The second kappa shape index (κ2) is 6.70. The van der Waals surface area contributed by atoms with Crippen molar-refractivity contribution < 1.29 is 4.79 Å². The van der Waals surface area contributed by atoms with Gasteiger partial charge in [0.25, 0.3) is 0 Å². The van der Waals surface area contributed by atoms with Crippen molar-refractivity contribution in [2.45, 2.75) is 26.7 Å². The normalized spacial score (nSPS) is 15.8. The largest absolute Gasteiger partial charge is 0.372 e. The standard InChI is InChI=1S/C15H21N3OS/c1-11-7-9-18(10-8-11)14-5-3-13(4-6-14)17-15(20)16-12(2)19/h3-6,11H,7-10H2,1-2H3,(H2,16,17,19,20). The average molecular weight is 291 g/mol. The Morgan fingerprint density at radius 2 is 1.85 bits per heavy atom. The Balaban J connectivity index is 1.92. The van der Waals surface area contributed by atoms with Crippen LogP contribution in [0.5, 0.6) is 0 Å².